The summed E-state index contributed by atoms with van der Waals surface area (Å²) in [6, 6.07) is 5.71. The summed E-state index contributed by atoms with van der Waals surface area (Å²) in [5.41, 5.74) is 6.84. The molecule has 3 N–H and O–H groups in total. The second-order valence-corrected chi connectivity index (χ2v) is 4.87. The predicted molar refractivity (Wildman–Crippen MR) is 71.8 cm³/mol. The van der Waals surface area contributed by atoms with Gasteiger partial charge in [0.25, 0.3) is 5.69 Å². The molecule has 0 bridgehead atoms. The van der Waals surface area contributed by atoms with Crippen LogP contribution >= 0.6 is 0 Å². The van der Waals surface area contributed by atoms with Crippen molar-refractivity contribution in [1.29, 1.82) is 0 Å². The molecule has 0 saturated carbocycles. The largest absolute Gasteiger partial charge is 0.393 e. The number of nitro benzene ring substituents is 1. The molecule has 2 rings (SSSR count). The average Bonchev–Trinajstić information content (AvgIpc) is 2.26. The number of anilines is 2. The smallest absolute Gasteiger partial charge is 0.292 e. The Balaban J connectivity index is 2.23. The van der Waals surface area contributed by atoms with Crippen molar-refractivity contribution in [2.75, 3.05) is 23.7 Å². The van der Waals surface area contributed by atoms with Crippen molar-refractivity contribution in [2.24, 2.45) is 0 Å². The van der Waals surface area contributed by atoms with Crippen LogP contribution in [0.25, 0.3) is 0 Å². The molecule has 0 amide bonds. The molecule has 1 fully saturated rings. The van der Waals surface area contributed by atoms with Crippen LogP contribution in [0.15, 0.2) is 18.2 Å². The Morgan fingerprint density at radius 2 is 2.00 bits per heavy atom. The third kappa shape index (κ3) is 2.53. The molecule has 1 heterocycles. The molecule has 1 saturated heterocycles. The fourth-order valence-electron chi connectivity index (χ4n) is 2.44. The van der Waals surface area contributed by atoms with E-state index in [0.717, 1.165) is 18.8 Å². The number of hydrogen-bond donors (Lipinski definition) is 2. The maximum Gasteiger partial charge on any atom is 0.292 e. The van der Waals surface area contributed by atoms with Crippen LogP contribution in [0.4, 0.5) is 17.1 Å². The van der Waals surface area contributed by atoms with E-state index in [0.29, 0.717) is 12.1 Å². The van der Waals surface area contributed by atoms with E-state index < -0.39 is 4.92 Å². The minimum atomic E-state index is -0.456. The highest BCUT2D eigenvalue weighted by Gasteiger charge is 2.22. The van der Waals surface area contributed by atoms with Crippen LogP contribution in [-0.4, -0.2) is 30.1 Å². The van der Waals surface area contributed by atoms with Crippen LogP contribution in [0.2, 0.25) is 0 Å². The lowest BCUT2D eigenvalue weighted by atomic mass is 10.1. The minimum Gasteiger partial charge on any atom is -0.393 e. The summed E-state index contributed by atoms with van der Waals surface area (Å²) < 4.78 is 0. The molecule has 1 aromatic rings. The van der Waals surface area contributed by atoms with E-state index >= 15 is 0 Å². The number of rotatable bonds is 2. The van der Waals surface area contributed by atoms with Gasteiger partial charge >= 0.3 is 0 Å². The lowest BCUT2D eigenvalue weighted by molar-refractivity contribution is -0.383. The number of hydrogen-bond acceptors (Lipinski definition) is 5. The van der Waals surface area contributed by atoms with Gasteiger partial charge in [0.05, 0.1) is 4.92 Å². The fourth-order valence-corrected chi connectivity index (χ4v) is 2.44. The van der Waals surface area contributed by atoms with Crippen LogP contribution in [0.3, 0.4) is 0 Å². The van der Waals surface area contributed by atoms with Crippen molar-refractivity contribution in [3.05, 3.63) is 28.3 Å². The Bertz CT molecular complexity index is 453. The van der Waals surface area contributed by atoms with E-state index in [1.165, 1.54) is 6.07 Å². The fraction of sp³-hybridized carbons (Fsp3) is 0.500. The first-order chi connectivity index (χ1) is 8.47. The molecular formula is C12H18N4O2. The molecule has 0 spiro atoms. The zero-order chi connectivity index (χ0) is 13.3. The van der Waals surface area contributed by atoms with Crippen LogP contribution < -0.4 is 16.0 Å². The number of nitrogens with one attached hydrogen (secondary N) is 1. The van der Waals surface area contributed by atoms with Crippen molar-refractivity contribution < 1.29 is 4.92 Å². The first-order valence-corrected chi connectivity index (χ1v) is 6.02. The van der Waals surface area contributed by atoms with Gasteiger partial charge in [-0.3, -0.25) is 10.1 Å². The molecule has 1 aromatic carbocycles. The number of nitrogens with two attached hydrogens (primary N) is 1. The Morgan fingerprint density at radius 3 is 2.50 bits per heavy atom. The molecular weight excluding hydrogens is 232 g/mol. The molecule has 1 aliphatic rings. The van der Waals surface area contributed by atoms with Gasteiger partial charge in [0.1, 0.15) is 5.69 Å². The number of benzene rings is 1. The summed E-state index contributed by atoms with van der Waals surface area (Å²) in [6.07, 6.45) is 0. The second kappa shape index (κ2) is 4.81. The van der Waals surface area contributed by atoms with Gasteiger partial charge < -0.3 is 16.0 Å². The average molecular weight is 250 g/mol. The number of nitro groups is 1. The highest BCUT2D eigenvalue weighted by Crippen LogP contribution is 2.27. The Hall–Kier alpha value is -1.82. The molecule has 0 radical (unpaired) electrons. The van der Waals surface area contributed by atoms with E-state index in [1.54, 1.807) is 12.1 Å². The lowest BCUT2D eigenvalue weighted by Crippen LogP contribution is -2.54. The van der Waals surface area contributed by atoms with E-state index in [-0.39, 0.29) is 11.4 Å². The van der Waals surface area contributed by atoms with Crippen molar-refractivity contribution in [3.8, 4) is 0 Å². The molecule has 0 unspecified atom stereocenters. The van der Waals surface area contributed by atoms with Crippen LogP contribution in [0.1, 0.15) is 13.8 Å². The topological polar surface area (TPSA) is 84.4 Å². The second-order valence-electron chi connectivity index (χ2n) is 4.87. The van der Waals surface area contributed by atoms with Gasteiger partial charge in [0, 0.05) is 36.9 Å². The Labute approximate surface area is 106 Å². The molecule has 0 aromatic heterocycles. The zero-order valence-electron chi connectivity index (χ0n) is 10.6. The third-order valence-corrected chi connectivity index (χ3v) is 3.13. The first kappa shape index (κ1) is 12.6. The standard InChI is InChI=1S/C12H18N4O2/c1-8-6-15(7-9(2)14-8)10-3-4-12(16(17)18)11(13)5-10/h3-5,8-9,14H,6-7,13H2,1-2H3/t8-,9-/m1/s1. The zero-order valence-corrected chi connectivity index (χ0v) is 10.6. The summed E-state index contributed by atoms with van der Waals surface area (Å²) in [5, 5.41) is 14.2. The lowest BCUT2D eigenvalue weighted by Gasteiger charge is -2.37. The molecule has 6 heteroatoms. The van der Waals surface area contributed by atoms with Gasteiger partial charge in [-0.1, -0.05) is 0 Å². The maximum absolute atomic E-state index is 10.7. The van der Waals surface area contributed by atoms with Crippen molar-refractivity contribution >= 4 is 17.1 Å². The normalized spacial score (nSPS) is 24.0. The van der Waals surface area contributed by atoms with E-state index in [2.05, 4.69) is 24.1 Å². The van der Waals surface area contributed by atoms with Crippen molar-refractivity contribution in [2.45, 2.75) is 25.9 Å². The highest BCUT2D eigenvalue weighted by molar-refractivity contribution is 5.66. The number of nitrogen functional groups attached to an aromatic ring is 1. The monoisotopic (exact) mass is 250 g/mol. The predicted octanol–water partition coefficient (Wildman–Crippen LogP) is 1.36. The number of nitrogens with zero attached hydrogens (tertiary/aromatic N) is 2. The van der Waals surface area contributed by atoms with Gasteiger partial charge in [-0.25, -0.2) is 0 Å². The van der Waals surface area contributed by atoms with Gasteiger partial charge in [0.15, 0.2) is 0 Å². The van der Waals surface area contributed by atoms with Crippen molar-refractivity contribution in [1.82, 2.24) is 5.32 Å². The first-order valence-electron chi connectivity index (χ1n) is 6.02. The van der Waals surface area contributed by atoms with E-state index in [4.69, 9.17) is 5.73 Å². The molecule has 1 aliphatic heterocycles. The van der Waals surface area contributed by atoms with Crippen LogP contribution in [0, 0.1) is 10.1 Å². The minimum absolute atomic E-state index is 0.0324. The Morgan fingerprint density at radius 1 is 1.39 bits per heavy atom. The SMILES string of the molecule is C[C@@H]1CN(c2ccc([N+](=O)[O-])c(N)c2)C[C@@H](C)N1. The molecule has 6 nitrogen and oxygen atoms in total. The van der Waals surface area contributed by atoms with Gasteiger partial charge in [-0.15, -0.1) is 0 Å². The summed E-state index contributed by atoms with van der Waals surface area (Å²) in [4.78, 5) is 12.5. The summed E-state index contributed by atoms with van der Waals surface area (Å²) >= 11 is 0. The Kier molecular flexibility index (Phi) is 3.38. The summed E-state index contributed by atoms with van der Waals surface area (Å²) in [5.74, 6) is 0. The van der Waals surface area contributed by atoms with Gasteiger partial charge in [-0.05, 0) is 26.0 Å². The summed E-state index contributed by atoms with van der Waals surface area (Å²) in [6.45, 7) is 6.00. The molecule has 18 heavy (non-hydrogen) atoms. The highest BCUT2D eigenvalue weighted by atomic mass is 16.6. The van der Waals surface area contributed by atoms with Crippen molar-refractivity contribution in [3.63, 3.8) is 0 Å². The van der Waals surface area contributed by atoms with Crippen LogP contribution in [-0.2, 0) is 0 Å². The van der Waals surface area contributed by atoms with Gasteiger partial charge in [0.2, 0.25) is 0 Å². The quantitative estimate of drug-likeness (QED) is 0.470. The van der Waals surface area contributed by atoms with E-state index in [1.807, 2.05) is 0 Å². The van der Waals surface area contributed by atoms with Crippen LogP contribution in [0.5, 0.6) is 0 Å². The third-order valence-electron chi connectivity index (χ3n) is 3.13. The number of piperazine rings is 1. The van der Waals surface area contributed by atoms with E-state index in [9.17, 15) is 10.1 Å². The molecule has 98 valence electrons. The molecule has 2 atom stereocenters. The molecule has 0 aliphatic carbocycles. The van der Waals surface area contributed by atoms with Gasteiger partial charge in [-0.2, -0.15) is 0 Å². The maximum atomic E-state index is 10.7. The summed E-state index contributed by atoms with van der Waals surface area (Å²) in [7, 11) is 0.